The van der Waals surface area contributed by atoms with Gasteiger partial charge < -0.3 is 0 Å². The van der Waals surface area contributed by atoms with Crippen LogP contribution in [0.25, 0.3) is 12.2 Å². The van der Waals surface area contributed by atoms with Crippen LogP contribution in [0.1, 0.15) is 51.5 Å². The van der Waals surface area contributed by atoms with E-state index in [1.165, 1.54) is 13.8 Å². The Morgan fingerprint density at radius 3 is 1.59 bits per heavy atom. The SMILES string of the molecule is C[CH]=[Ti]([O]C(C)=O)([O]C(C)=O)([CH]1C=Cc2ccccc21)[CH]1C=Cc2ccccc21. The Balaban J connectivity index is 2.07. The third kappa shape index (κ3) is 2.90. The third-order valence-electron chi connectivity index (χ3n) is 6.12. The van der Waals surface area contributed by atoms with Crippen LogP contribution in [-0.2, 0) is 31.8 Å². The summed E-state index contributed by atoms with van der Waals surface area (Å²) in [4.78, 5) is 25.0. The van der Waals surface area contributed by atoms with Crippen molar-refractivity contribution in [2.75, 3.05) is 0 Å². The van der Waals surface area contributed by atoms with Gasteiger partial charge in [-0.1, -0.05) is 0 Å². The molecule has 2 aromatic rings. The number of benzene rings is 2. The molecule has 0 fully saturated rings. The minimum atomic E-state index is -5.04. The Morgan fingerprint density at radius 2 is 1.21 bits per heavy atom. The minimum absolute atomic E-state index is 0.304. The van der Waals surface area contributed by atoms with Gasteiger partial charge in [-0.2, -0.15) is 0 Å². The Kier molecular flexibility index (Phi) is 4.80. The first-order valence-corrected chi connectivity index (χ1v) is 13.8. The Labute approximate surface area is 172 Å². The molecule has 148 valence electrons. The van der Waals surface area contributed by atoms with Crippen LogP contribution in [0.3, 0.4) is 0 Å². The summed E-state index contributed by atoms with van der Waals surface area (Å²) in [6.07, 6.45) is 8.15. The van der Waals surface area contributed by atoms with Gasteiger partial charge >= 0.3 is 172 Å². The summed E-state index contributed by atoms with van der Waals surface area (Å²) in [6, 6.07) is 16.0. The average molecular weight is 424 g/mol. The van der Waals surface area contributed by atoms with Crippen molar-refractivity contribution in [3.8, 4) is 0 Å². The molecule has 0 spiro atoms. The van der Waals surface area contributed by atoms with E-state index >= 15 is 0 Å². The maximum absolute atomic E-state index is 12.5. The number of carbonyl (C=O) groups excluding carboxylic acids is 2. The summed E-state index contributed by atoms with van der Waals surface area (Å²) in [5, 5.41) is 0. The molecule has 2 aliphatic rings. The van der Waals surface area contributed by atoms with Crippen LogP contribution in [0.4, 0.5) is 0 Å². The van der Waals surface area contributed by atoms with Gasteiger partial charge in [0, 0.05) is 0 Å². The van der Waals surface area contributed by atoms with Crippen molar-refractivity contribution in [1.29, 1.82) is 0 Å². The molecule has 0 saturated carbocycles. The standard InChI is InChI=1S/2C9H7.2C2H4O2.C2H4.Ti/c2*1-2-5-9-7-3-6-8(9)4-1;2*1-2(3)4;1-2;/h2*1-7H;2*1H3,(H,3,4);1H,2H3;/q;;;;;+2/p-2. The molecule has 5 heteroatoms. The Hall–Kier alpha value is -2.56. The number of allylic oxidation sites excluding steroid dienone is 2. The van der Waals surface area contributed by atoms with E-state index in [0.29, 0.717) is 0 Å². The topological polar surface area (TPSA) is 52.6 Å². The van der Waals surface area contributed by atoms with Crippen LogP contribution in [0.2, 0.25) is 0 Å². The molecular weight excluding hydrogens is 400 g/mol. The third-order valence-corrected chi connectivity index (χ3v) is 15.6. The predicted octanol–water partition coefficient (Wildman–Crippen LogP) is 4.99. The maximum atomic E-state index is 12.5. The summed E-state index contributed by atoms with van der Waals surface area (Å²) in [5.41, 5.74) is 4.18. The van der Waals surface area contributed by atoms with Gasteiger partial charge in [0.25, 0.3) is 0 Å². The molecule has 4 rings (SSSR count). The molecular formula is C24H24O4Ti. The molecule has 0 aliphatic heterocycles. The van der Waals surface area contributed by atoms with Crippen molar-refractivity contribution in [2.24, 2.45) is 0 Å². The zero-order chi connectivity index (χ0) is 20.7. The van der Waals surface area contributed by atoms with Crippen LogP contribution >= 0.6 is 0 Å². The molecule has 2 atom stereocenters. The second-order valence-electron chi connectivity index (χ2n) is 7.70. The molecule has 0 heterocycles. The van der Waals surface area contributed by atoms with Gasteiger partial charge in [-0.05, 0) is 0 Å². The number of fused-ring (bicyclic) bond motifs is 2. The van der Waals surface area contributed by atoms with E-state index in [4.69, 9.17) is 6.64 Å². The zero-order valence-electron chi connectivity index (χ0n) is 16.8. The van der Waals surface area contributed by atoms with Crippen LogP contribution < -0.4 is 0 Å². The van der Waals surface area contributed by atoms with Gasteiger partial charge in [0.2, 0.25) is 0 Å². The van der Waals surface area contributed by atoms with Gasteiger partial charge in [-0.25, -0.2) is 0 Å². The van der Waals surface area contributed by atoms with Crippen molar-refractivity contribution in [3.63, 3.8) is 0 Å². The van der Waals surface area contributed by atoms with Crippen molar-refractivity contribution < 1.29 is 31.8 Å². The van der Waals surface area contributed by atoms with Crippen molar-refractivity contribution in [2.45, 2.75) is 29.2 Å². The molecule has 4 nitrogen and oxygen atoms in total. The van der Waals surface area contributed by atoms with Crippen molar-refractivity contribution >= 4 is 28.4 Å². The Bertz CT molecular complexity index is 1050. The van der Waals surface area contributed by atoms with E-state index in [-0.39, 0.29) is 8.45 Å². The van der Waals surface area contributed by atoms with Gasteiger partial charge in [-0.3, -0.25) is 0 Å². The predicted molar refractivity (Wildman–Crippen MR) is 112 cm³/mol. The van der Waals surface area contributed by atoms with Gasteiger partial charge in [0.1, 0.15) is 0 Å². The van der Waals surface area contributed by atoms with E-state index in [9.17, 15) is 9.59 Å². The molecule has 2 aromatic carbocycles. The van der Waals surface area contributed by atoms with Crippen molar-refractivity contribution in [3.05, 3.63) is 82.9 Å². The number of hydrogen-bond donors (Lipinski definition) is 0. The van der Waals surface area contributed by atoms with E-state index in [1.54, 1.807) is 0 Å². The molecule has 0 N–H and O–H groups in total. The quantitative estimate of drug-likeness (QED) is 0.649. The van der Waals surface area contributed by atoms with Crippen LogP contribution in [0, 0.1) is 0 Å². The van der Waals surface area contributed by atoms with Gasteiger partial charge in [0.05, 0.1) is 0 Å². The first kappa shape index (κ1) is 19.7. The molecule has 0 bridgehead atoms. The summed E-state index contributed by atoms with van der Waals surface area (Å²) >= 11 is -5.04. The van der Waals surface area contributed by atoms with Crippen LogP contribution in [0.5, 0.6) is 0 Å². The normalized spacial score (nSPS) is 19.4. The first-order valence-electron chi connectivity index (χ1n) is 9.81. The summed E-state index contributed by atoms with van der Waals surface area (Å²) < 4.78 is 14.0. The summed E-state index contributed by atoms with van der Waals surface area (Å²) in [5.74, 6) is -0.867. The van der Waals surface area contributed by atoms with E-state index in [1.807, 2.05) is 84.1 Å². The van der Waals surface area contributed by atoms with Gasteiger partial charge in [0.15, 0.2) is 0 Å². The zero-order valence-corrected chi connectivity index (χ0v) is 18.4. The van der Waals surface area contributed by atoms with E-state index in [2.05, 4.69) is 0 Å². The van der Waals surface area contributed by atoms with E-state index in [0.717, 1.165) is 22.3 Å². The first-order chi connectivity index (χ1) is 13.9. The molecule has 2 aliphatic carbocycles. The summed E-state index contributed by atoms with van der Waals surface area (Å²) in [6.45, 7) is 4.66. The number of hydrogen-bond acceptors (Lipinski definition) is 4. The van der Waals surface area contributed by atoms with E-state index < -0.39 is 27.6 Å². The fourth-order valence-corrected chi connectivity index (χ4v) is 14.1. The number of rotatable bonds is 4. The summed E-state index contributed by atoms with van der Waals surface area (Å²) in [7, 11) is 0. The molecule has 0 aromatic heterocycles. The second kappa shape index (κ2) is 7.05. The molecule has 0 amide bonds. The fourth-order valence-electron chi connectivity index (χ4n) is 5.05. The molecule has 0 radical (unpaired) electrons. The van der Waals surface area contributed by atoms with Crippen LogP contribution in [-0.4, -0.2) is 16.3 Å². The number of carbonyl (C=O) groups is 2. The average Bonchev–Trinajstić information content (AvgIpc) is 3.32. The van der Waals surface area contributed by atoms with Crippen molar-refractivity contribution in [1.82, 2.24) is 0 Å². The Morgan fingerprint density at radius 1 is 0.793 bits per heavy atom. The monoisotopic (exact) mass is 424 g/mol. The van der Waals surface area contributed by atoms with Crippen LogP contribution in [0.15, 0.2) is 60.7 Å². The molecule has 2 unspecified atom stereocenters. The van der Waals surface area contributed by atoms with Gasteiger partial charge in [-0.15, -0.1) is 0 Å². The molecule has 29 heavy (non-hydrogen) atoms. The second-order valence-corrected chi connectivity index (χ2v) is 15.2. The fraction of sp³-hybridized carbons (Fsp3) is 0.208. The molecule has 0 saturated heterocycles.